The lowest BCUT2D eigenvalue weighted by molar-refractivity contribution is -0.192. The van der Waals surface area contributed by atoms with Gasteiger partial charge in [-0.05, 0) is 57.6 Å². The Balaban J connectivity index is 0.000000396. The van der Waals surface area contributed by atoms with E-state index in [2.05, 4.69) is 4.90 Å². The summed E-state index contributed by atoms with van der Waals surface area (Å²) in [5.74, 6) is -3.19. The lowest BCUT2D eigenvalue weighted by Gasteiger charge is -2.38. The van der Waals surface area contributed by atoms with Crippen LogP contribution in [0, 0.1) is 5.82 Å². The molecule has 1 aromatic rings. The van der Waals surface area contributed by atoms with E-state index in [0.717, 1.165) is 6.42 Å². The van der Waals surface area contributed by atoms with Crippen molar-refractivity contribution in [1.29, 1.82) is 0 Å². The van der Waals surface area contributed by atoms with Crippen LogP contribution in [0.1, 0.15) is 19.3 Å². The Labute approximate surface area is 172 Å². The van der Waals surface area contributed by atoms with E-state index in [-0.39, 0.29) is 10.5 Å². The van der Waals surface area contributed by atoms with E-state index >= 15 is 0 Å². The van der Waals surface area contributed by atoms with Gasteiger partial charge in [0.15, 0.2) is 0 Å². The zero-order chi connectivity index (χ0) is 22.7. The maximum absolute atomic E-state index is 13.0. The molecule has 3 rings (SSSR count). The molecule has 2 aliphatic rings. The van der Waals surface area contributed by atoms with Crippen LogP contribution in [0.25, 0.3) is 0 Å². The Kier molecular flexibility index (Phi) is 7.49. The van der Waals surface area contributed by atoms with Gasteiger partial charge in [0, 0.05) is 19.1 Å². The van der Waals surface area contributed by atoms with E-state index in [1.807, 2.05) is 14.1 Å². The molecule has 1 spiro atoms. The predicted octanol–water partition coefficient (Wildman–Crippen LogP) is 2.33. The minimum atomic E-state index is -5.08. The van der Waals surface area contributed by atoms with E-state index in [1.54, 1.807) is 0 Å². The number of halogens is 4. The third-order valence-electron chi connectivity index (χ3n) is 5.25. The van der Waals surface area contributed by atoms with Crippen molar-refractivity contribution in [3.8, 4) is 0 Å². The highest BCUT2D eigenvalue weighted by molar-refractivity contribution is 7.89. The zero-order valence-electron chi connectivity index (χ0n) is 16.5. The second-order valence-electron chi connectivity index (χ2n) is 7.48. The van der Waals surface area contributed by atoms with E-state index in [4.69, 9.17) is 14.6 Å². The minimum absolute atomic E-state index is 0.147. The molecule has 0 aromatic heterocycles. The number of rotatable bonds is 3. The number of piperidine rings is 1. The molecule has 2 heterocycles. The number of hydrogen-bond acceptors (Lipinski definition) is 5. The molecule has 0 saturated carbocycles. The number of sulfonamides is 1. The molecule has 12 heteroatoms. The number of alkyl halides is 3. The second kappa shape index (κ2) is 9.16. The van der Waals surface area contributed by atoms with Crippen LogP contribution in [0.4, 0.5) is 17.6 Å². The summed E-state index contributed by atoms with van der Waals surface area (Å²) in [6.07, 6.45) is -2.72. The SMILES string of the molecule is CN(C)C1COC2(CCN(S(=O)(=O)c3ccc(F)cc3)CC2)C1.O=C(O)C(F)(F)F. The molecule has 1 unspecified atom stereocenters. The first-order valence-electron chi connectivity index (χ1n) is 9.13. The fourth-order valence-electron chi connectivity index (χ4n) is 3.39. The summed E-state index contributed by atoms with van der Waals surface area (Å²) in [6, 6.07) is 5.40. The minimum Gasteiger partial charge on any atom is -0.475 e. The summed E-state index contributed by atoms with van der Waals surface area (Å²) in [6.45, 7) is 1.59. The van der Waals surface area contributed by atoms with E-state index in [1.165, 1.54) is 28.6 Å². The fourth-order valence-corrected chi connectivity index (χ4v) is 4.83. The molecule has 2 saturated heterocycles. The first kappa shape index (κ1) is 24.5. The molecule has 7 nitrogen and oxygen atoms in total. The van der Waals surface area contributed by atoms with Gasteiger partial charge in [0.05, 0.1) is 17.1 Å². The molecule has 30 heavy (non-hydrogen) atoms. The number of benzene rings is 1. The van der Waals surface area contributed by atoms with Crippen LogP contribution in [0.3, 0.4) is 0 Å². The number of aliphatic carboxylic acids is 1. The Hall–Kier alpha value is -1.76. The van der Waals surface area contributed by atoms with Gasteiger partial charge in [0.1, 0.15) is 5.82 Å². The van der Waals surface area contributed by atoms with Gasteiger partial charge in [-0.1, -0.05) is 0 Å². The zero-order valence-corrected chi connectivity index (χ0v) is 17.3. The van der Waals surface area contributed by atoms with Crippen molar-refractivity contribution in [1.82, 2.24) is 9.21 Å². The summed E-state index contributed by atoms with van der Waals surface area (Å²) >= 11 is 0. The smallest absolute Gasteiger partial charge is 0.475 e. The number of nitrogens with zero attached hydrogens (tertiary/aromatic N) is 2. The predicted molar refractivity (Wildman–Crippen MR) is 98.9 cm³/mol. The maximum atomic E-state index is 13.0. The summed E-state index contributed by atoms with van der Waals surface area (Å²) in [7, 11) is 0.531. The number of carbonyl (C=O) groups is 1. The number of hydrogen-bond donors (Lipinski definition) is 1. The van der Waals surface area contributed by atoms with Gasteiger partial charge in [-0.15, -0.1) is 0 Å². The highest BCUT2D eigenvalue weighted by Gasteiger charge is 2.45. The van der Waals surface area contributed by atoms with Crippen LogP contribution in [0.15, 0.2) is 29.2 Å². The van der Waals surface area contributed by atoms with Crippen molar-refractivity contribution < 1.29 is 40.6 Å². The van der Waals surface area contributed by atoms with Crippen molar-refractivity contribution in [2.75, 3.05) is 33.8 Å². The van der Waals surface area contributed by atoms with Gasteiger partial charge in [-0.3, -0.25) is 0 Å². The van der Waals surface area contributed by atoms with Crippen LogP contribution in [0.5, 0.6) is 0 Å². The van der Waals surface area contributed by atoms with Crippen molar-refractivity contribution in [3.05, 3.63) is 30.1 Å². The summed E-state index contributed by atoms with van der Waals surface area (Å²) in [4.78, 5) is 11.2. The van der Waals surface area contributed by atoms with Crippen LogP contribution < -0.4 is 0 Å². The van der Waals surface area contributed by atoms with Crippen LogP contribution in [-0.2, 0) is 19.6 Å². The number of ether oxygens (including phenoxy) is 1. The van der Waals surface area contributed by atoms with E-state index in [9.17, 15) is 26.0 Å². The molecule has 0 radical (unpaired) electrons. The summed E-state index contributed by atoms with van der Waals surface area (Å²) in [5.41, 5.74) is -0.191. The van der Waals surface area contributed by atoms with Gasteiger partial charge >= 0.3 is 12.1 Å². The van der Waals surface area contributed by atoms with E-state index < -0.39 is 28.0 Å². The molecule has 1 N–H and O–H groups in total. The molecule has 0 amide bonds. The fraction of sp³-hybridized carbons (Fsp3) is 0.611. The molecule has 0 aliphatic carbocycles. The molecule has 2 fully saturated rings. The molecule has 1 atom stereocenters. The van der Waals surface area contributed by atoms with E-state index in [0.29, 0.717) is 38.6 Å². The number of likely N-dealkylation sites (N-methyl/N-ethyl adjacent to an activating group) is 1. The number of carboxylic acid groups (broad SMARTS) is 1. The van der Waals surface area contributed by atoms with Crippen molar-refractivity contribution in [2.24, 2.45) is 0 Å². The quantitative estimate of drug-likeness (QED) is 0.703. The third-order valence-corrected chi connectivity index (χ3v) is 7.16. The summed E-state index contributed by atoms with van der Waals surface area (Å²) < 4.78 is 77.5. The molecule has 0 bridgehead atoms. The Morgan fingerprint density at radius 2 is 1.70 bits per heavy atom. The number of carboxylic acids is 1. The van der Waals surface area contributed by atoms with Gasteiger partial charge in [0.25, 0.3) is 0 Å². The highest BCUT2D eigenvalue weighted by atomic mass is 32.2. The lowest BCUT2D eigenvalue weighted by atomic mass is 9.88. The molecule has 2 aliphatic heterocycles. The average molecular weight is 456 g/mol. The van der Waals surface area contributed by atoms with Crippen molar-refractivity contribution >= 4 is 16.0 Å². The maximum Gasteiger partial charge on any atom is 0.490 e. The largest absolute Gasteiger partial charge is 0.490 e. The second-order valence-corrected chi connectivity index (χ2v) is 9.41. The Morgan fingerprint density at radius 1 is 1.20 bits per heavy atom. The first-order chi connectivity index (χ1) is 13.8. The Morgan fingerprint density at radius 3 is 2.10 bits per heavy atom. The van der Waals surface area contributed by atoms with Gasteiger partial charge in [-0.25, -0.2) is 17.6 Å². The molecular weight excluding hydrogens is 432 g/mol. The van der Waals surface area contributed by atoms with Crippen LogP contribution in [-0.4, -0.2) is 80.3 Å². The summed E-state index contributed by atoms with van der Waals surface area (Å²) in [5, 5.41) is 7.12. The molecule has 170 valence electrons. The van der Waals surface area contributed by atoms with Gasteiger partial charge < -0.3 is 14.7 Å². The average Bonchev–Trinajstić information content (AvgIpc) is 3.06. The van der Waals surface area contributed by atoms with Crippen LogP contribution in [0.2, 0.25) is 0 Å². The Bertz CT molecular complexity index is 835. The third kappa shape index (κ3) is 5.90. The van der Waals surface area contributed by atoms with Gasteiger partial charge in [-0.2, -0.15) is 17.5 Å². The topological polar surface area (TPSA) is 87.2 Å². The lowest BCUT2D eigenvalue weighted by Crippen LogP contribution is -2.46. The van der Waals surface area contributed by atoms with Crippen molar-refractivity contribution in [2.45, 2.75) is 42.0 Å². The standard InChI is InChI=1S/C16H23FN2O3S.C2HF3O2/c1-18(2)14-11-16(22-12-14)7-9-19(10-8-16)23(20,21)15-5-3-13(17)4-6-15;3-2(4,5)1(6)7/h3-6,14H,7-12H2,1-2H3;(H,6,7). The molecular formula is C18H24F4N2O5S. The van der Waals surface area contributed by atoms with Crippen molar-refractivity contribution in [3.63, 3.8) is 0 Å². The molecule has 1 aromatic carbocycles. The van der Waals surface area contributed by atoms with Crippen LogP contribution >= 0.6 is 0 Å². The monoisotopic (exact) mass is 456 g/mol. The van der Waals surface area contributed by atoms with Gasteiger partial charge in [0.2, 0.25) is 10.0 Å². The normalized spacial score (nSPS) is 22.0. The highest BCUT2D eigenvalue weighted by Crippen LogP contribution is 2.38. The first-order valence-corrected chi connectivity index (χ1v) is 10.6.